The molecule has 1 aromatic carbocycles. The van der Waals surface area contributed by atoms with Gasteiger partial charge in [-0.1, -0.05) is 12.1 Å². The van der Waals surface area contributed by atoms with Crippen molar-refractivity contribution in [3.8, 4) is 5.75 Å². The zero-order valence-electron chi connectivity index (χ0n) is 13.9. The molecular formula is C17H25F2N3O2. The lowest BCUT2D eigenvalue weighted by Gasteiger charge is -2.13. The maximum atomic E-state index is 12.2. The van der Waals surface area contributed by atoms with Gasteiger partial charge >= 0.3 is 6.61 Å². The smallest absolute Gasteiger partial charge is 0.387 e. The van der Waals surface area contributed by atoms with Gasteiger partial charge < -0.3 is 20.1 Å². The summed E-state index contributed by atoms with van der Waals surface area (Å²) in [7, 11) is 1.69. The third kappa shape index (κ3) is 7.59. The molecule has 1 saturated carbocycles. The first-order chi connectivity index (χ1) is 11.7. The van der Waals surface area contributed by atoms with E-state index in [-0.39, 0.29) is 5.75 Å². The Morgan fingerprint density at radius 3 is 2.88 bits per heavy atom. The van der Waals surface area contributed by atoms with Gasteiger partial charge in [-0.3, -0.25) is 4.99 Å². The van der Waals surface area contributed by atoms with Crippen LogP contribution in [0.4, 0.5) is 8.78 Å². The van der Waals surface area contributed by atoms with Crippen LogP contribution in [0.3, 0.4) is 0 Å². The molecule has 0 spiro atoms. The van der Waals surface area contributed by atoms with Gasteiger partial charge in [-0.25, -0.2) is 0 Å². The van der Waals surface area contributed by atoms with Crippen LogP contribution in [0.25, 0.3) is 0 Å². The molecule has 0 heterocycles. The number of aliphatic imine (C=N–C) groups is 1. The van der Waals surface area contributed by atoms with E-state index in [4.69, 9.17) is 4.74 Å². The van der Waals surface area contributed by atoms with Crippen LogP contribution in [0.15, 0.2) is 29.3 Å². The van der Waals surface area contributed by atoms with Gasteiger partial charge in [-0.05, 0) is 42.9 Å². The first-order valence-corrected chi connectivity index (χ1v) is 8.23. The van der Waals surface area contributed by atoms with E-state index in [0.717, 1.165) is 37.7 Å². The van der Waals surface area contributed by atoms with Crippen molar-refractivity contribution < 1.29 is 18.3 Å². The van der Waals surface area contributed by atoms with E-state index in [0.29, 0.717) is 12.5 Å². The third-order valence-electron chi connectivity index (χ3n) is 3.62. The monoisotopic (exact) mass is 341 g/mol. The van der Waals surface area contributed by atoms with Crippen molar-refractivity contribution in [3.63, 3.8) is 0 Å². The SMILES string of the molecule is CN=C(NCCCOCC1CC1)NCc1cccc(OC(F)F)c1. The van der Waals surface area contributed by atoms with Crippen LogP contribution >= 0.6 is 0 Å². The van der Waals surface area contributed by atoms with Crippen LogP contribution in [0.5, 0.6) is 5.75 Å². The lowest BCUT2D eigenvalue weighted by Crippen LogP contribution is -2.37. The van der Waals surface area contributed by atoms with E-state index in [1.54, 1.807) is 19.2 Å². The van der Waals surface area contributed by atoms with Crippen molar-refractivity contribution in [1.82, 2.24) is 10.6 Å². The van der Waals surface area contributed by atoms with Gasteiger partial charge in [0.05, 0.1) is 0 Å². The average molecular weight is 341 g/mol. The molecule has 0 aromatic heterocycles. The number of nitrogens with zero attached hydrogens (tertiary/aromatic N) is 1. The van der Waals surface area contributed by atoms with Gasteiger partial charge in [-0.2, -0.15) is 8.78 Å². The average Bonchev–Trinajstić information content (AvgIpc) is 3.37. The molecule has 7 heteroatoms. The van der Waals surface area contributed by atoms with E-state index >= 15 is 0 Å². The predicted molar refractivity (Wildman–Crippen MR) is 89.4 cm³/mol. The minimum absolute atomic E-state index is 0.153. The van der Waals surface area contributed by atoms with Crippen LogP contribution < -0.4 is 15.4 Å². The van der Waals surface area contributed by atoms with Crippen LogP contribution in [-0.4, -0.2) is 39.4 Å². The Labute approximate surface area is 141 Å². The number of rotatable bonds is 10. The second-order valence-electron chi connectivity index (χ2n) is 5.75. The fourth-order valence-corrected chi connectivity index (χ4v) is 2.15. The van der Waals surface area contributed by atoms with E-state index in [9.17, 15) is 8.78 Å². The van der Waals surface area contributed by atoms with Crippen molar-refractivity contribution in [2.75, 3.05) is 26.8 Å². The summed E-state index contributed by atoms with van der Waals surface area (Å²) in [6.07, 6.45) is 3.52. The van der Waals surface area contributed by atoms with Crippen molar-refractivity contribution in [2.24, 2.45) is 10.9 Å². The highest BCUT2D eigenvalue weighted by atomic mass is 19.3. The van der Waals surface area contributed by atoms with Gasteiger partial charge in [-0.15, -0.1) is 0 Å². The van der Waals surface area contributed by atoms with E-state index in [1.165, 1.54) is 18.9 Å². The first-order valence-electron chi connectivity index (χ1n) is 8.23. The molecule has 0 amide bonds. The summed E-state index contributed by atoms with van der Waals surface area (Å²) in [6, 6.07) is 6.61. The highest BCUT2D eigenvalue weighted by molar-refractivity contribution is 5.79. The lowest BCUT2D eigenvalue weighted by molar-refractivity contribution is -0.0498. The second kappa shape index (κ2) is 10.1. The molecule has 1 aliphatic rings. The van der Waals surface area contributed by atoms with E-state index in [1.807, 2.05) is 6.07 Å². The van der Waals surface area contributed by atoms with Crippen LogP contribution in [0.1, 0.15) is 24.8 Å². The summed E-state index contributed by atoms with van der Waals surface area (Å²) < 4.78 is 34.4. The van der Waals surface area contributed by atoms with Crippen molar-refractivity contribution in [1.29, 1.82) is 0 Å². The fraction of sp³-hybridized carbons (Fsp3) is 0.588. The Kier molecular flexibility index (Phi) is 7.74. The predicted octanol–water partition coefficient (Wildman–Crippen LogP) is 2.77. The molecule has 0 unspecified atom stereocenters. The Hall–Kier alpha value is -1.89. The Balaban J connectivity index is 1.63. The lowest BCUT2D eigenvalue weighted by atomic mass is 10.2. The van der Waals surface area contributed by atoms with E-state index < -0.39 is 6.61 Å². The molecule has 0 atom stereocenters. The maximum absolute atomic E-state index is 12.2. The first kappa shape index (κ1) is 18.4. The molecule has 5 nitrogen and oxygen atoms in total. The van der Waals surface area contributed by atoms with Gasteiger partial charge in [0.2, 0.25) is 0 Å². The fourth-order valence-electron chi connectivity index (χ4n) is 2.15. The molecule has 2 N–H and O–H groups in total. The zero-order chi connectivity index (χ0) is 17.2. The number of nitrogens with one attached hydrogen (secondary N) is 2. The summed E-state index contributed by atoms with van der Waals surface area (Å²) in [4.78, 5) is 4.13. The summed E-state index contributed by atoms with van der Waals surface area (Å²) in [5.41, 5.74) is 0.837. The van der Waals surface area contributed by atoms with Crippen LogP contribution in [0.2, 0.25) is 0 Å². The molecule has 0 radical (unpaired) electrons. The second-order valence-corrected chi connectivity index (χ2v) is 5.75. The molecule has 1 aromatic rings. The summed E-state index contributed by atoms with van der Waals surface area (Å²) in [5, 5.41) is 6.34. The summed E-state index contributed by atoms with van der Waals surface area (Å²) >= 11 is 0. The molecule has 24 heavy (non-hydrogen) atoms. The van der Waals surface area contributed by atoms with Crippen molar-refractivity contribution in [2.45, 2.75) is 32.4 Å². The quantitative estimate of drug-likeness (QED) is 0.390. The minimum Gasteiger partial charge on any atom is -0.435 e. The summed E-state index contributed by atoms with van der Waals surface area (Å²) in [5.74, 6) is 1.61. The Bertz CT molecular complexity index is 522. The molecule has 2 rings (SSSR count). The number of hydrogen-bond acceptors (Lipinski definition) is 3. The molecule has 1 fully saturated rings. The third-order valence-corrected chi connectivity index (χ3v) is 3.62. The van der Waals surface area contributed by atoms with Crippen molar-refractivity contribution in [3.05, 3.63) is 29.8 Å². The number of ether oxygens (including phenoxy) is 2. The zero-order valence-corrected chi connectivity index (χ0v) is 13.9. The standard InChI is InChI=1S/C17H25F2N3O2/c1-20-17(21-8-3-9-23-12-13-6-7-13)22-11-14-4-2-5-15(10-14)24-16(18)19/h2,4-5,10,13,16H,3,6-9,11-12H2,1H3,(H2,20,21,22). The normalized spacial score (nSPS) is 14.8. The number of halogens is 2. The topological polar surface area (TPSA) is 54.9 Å². The van der Waals surface area contributed by atoms with Gasteiger partial charge in [0.25, 0.3) is 0 Å². The number of benzene rings is 1. The number of alkyl halides is 2. The summed E-state index contributed by atoms with van der Waals surface area (Å²) in [6.45, 7) is 0.0408. The highest BCUT2D eigenvalue weighted by Crippen LogP contribution is 2.28. The molecule has 0 bridgehead atoms. The molecule has 134 valence electrons. The Morgan fingerprint density at radius 2 is 2.17 bits per heavy atom. The molecule has 0 saturated heterocycles. The van der Waals surface area contributed by atoms with Gasteiger partial charge in [0.15, 0.2) is 5.96 Å². The molecule has 0 aliphatic heterocycles. The Morgan fingerprint density at radius 1 is 1.33 bits per heavy atom. The minimum atomic E-state index is -2.82. The highest BCUT2D eigenvalue weighted by Gasteiger charge is 2.20. The largest absolute Gasteiger partial charge is 0.435 e. The number of guanidine groups is 1. The van der Waals surface area contributed by atoms with Crippen molar-refractivity contribution >= 4 is 5.96 Å². The van der Waals surface area contributed by atoms with Gasteiger partial charge in [0, 0.05) is 33.4 Å². The van der Waals surface area contributed by atoms with E-state index in [2.05, 4.69) is 20.4 Å². The molecular weight excluding hydrogens is 316 g/mol. The van der Waals surface area contributed by atoms with Crippen LogP contribution in [-0.2, 0) is 11.3 Å². The van der Waals surface area contributed by atoms with Crippen LogP contribution in [0, 0.1) is 5.92 Å². The van der Waals surface area contributed by atoms with Gasteiger partial charge in [0.1, 0.15) is 5.75 Å². The maximum Gasteiger partial charge on any atom is 0.387 e. The molecule has 1 aliphatic carbocycles. The number of hydrogen-bond donors (Lipinski definition) is 2.